The minimum Gasteiger partial charge on any atom is -0.497 e. The molecule has 1 amide bonds. The van der Waals surface area contributed by atoms with Crippen LogP contribution in [0.2, 0.25) is 0 Å². The molecule has 1 aliphatic heterocycles. The molecule has 0 radical (unpaired) electrons. The summed E-state index contributed by atoms with van der Waals surface area (Å²) in [4.78, 5) is 14.7. The summed E-state index contributed by atoms with van der Waals surface area (Å²) in [5.74, 6) is 1.40. The zero-order chi connectivity index (χ0) is 20.6. The molecule has 29 heavy (non-hydrogen) atoms. The van der Waals surface area contributed by atoms with Gasteiger partial charge in [-0.15, -0.1) is 0 Å². The van der Waals surface area contributed by atoms with Crippen LogP contribution in [0.15, 0.2) is 42.5 Å². The second-order valence-corrected chi connectivity index (χ2v) is 7.28. The van der Waals surface area contributed by atoms with E-state index in [9.17, 15) is 4.79 Å². The van der Waals surface area contributed by atoms with Gasteiger partial charge in [0.25, 0.3) is 5.91 Å². The lowest BCUT2D eigenvalue weighted by molar-refractivity contribution is -0.123. The van der Waals surface area contributed by atoms with Crippen molar-refractivity contribution in [1.29, 1.82) is 0 Å². The Morgan fingerprint density at radius 1 is 1.07 bits per heavy atom. The Morgan fingerprint density at radius 2 is 1.76 bits per heavy atom. The van der Waals surface area contributed by atoms with E-state index in [1.807, 2.05) is 37.3 Å². The third-order valence-corrected chi connectivity index (χ3v) is 5.33. The highest BCUT2D eigenvalue weighted by Crippen LogP contribution is 2.23. The predicted molar refractivity (Wildman–Crippen MR) is 113 cm³/mol. The number of nitrogens with zero attached hydrogens (tertiary/aromatic N) is 1. The molecule has 1 N–H and O–H groups in total. The van der Waals surface area contributed by atoms with Crippen LogP contribution in [-0.4, -0.2) is 57.4 Å². The summed E-state index contributed by atoms with van der Waals surface area (Å²) >= 11 is 0. The lowest BCUT2D eigenvalue weighted by Crippen LogP contribution is -2.44. The number of benzene rings is 2. The van der Waals surface area contributed by atoms with E-state index in [0.717, 1.165) is 30.0 Å². The summed E-state index contributed by atoms with van der Waals surface area (Å²) in [5, 5.41) is 3.03. The van der Waals surface area contributed by atoms with Gasteiger partial charge >= 0.3 is 0 Å². The van der Waals surface area contributed by atoms with Crippen molar-refractivity contribution >= 4 is 5.91 Å². The quantitative estimate of drug-likeness (QED) is 0.741. The zero-order valence-corrected chi connectivity index (χ0v) is 17.4. The van der Waals surface area contributed by atoms with Crippen LogP contribution in [0.4, 0.5) is 0 Å². The average molecular weight is 399 g/mol. The molecule has 3 rings (SSSR count). The highest BCUT2D eigenvalue weighted by atomic mass is 16.5. The summed E-state index contributed by atoms with van der Waals surface area (Å²) in [6, 6.07) is 13.9. The molecule has 1 atom stereocenters. The summed E-state index contributed by atoms with van der Waals surface area (Å²) < 4.78 is 16.4. The number of aryl methyl sites for hydroxylation is 2. The van der Waals surface area contributed by atoms with Crippen LogP contribution in [-0.2, 0) is 9.53 Å². The van der Waals surface area contributed by atoms with Crippen LogP contribution in [0.25, 0.3) is 0 Å². The maximum Gasteiger partial charge on any atom is 0.258 e. The number of methoxy groups -OCH3 is 1. The first-order chi connectivity index (χ1) is 14.1. The molecule has 156 valence electrons. The van der Waals surface area contributed by atoms with E-state index in [-0.39, 0.29) is 18.6 Å². The molecule has 0 aliphatic carbocycles. The van der Waals surface area contributed by atoms with E-state index in [4.69, 9.17) is 14.2 Å². The smallest absolute Gasteiger partial charge is 0.258 e. The first-order valence-electron chi connectivity index (χ1n) is 9.99. The van der Waals surface area contributed by atoms with Crippen LogP contribution in [0.3, 0.4) is 0 Å². The van der Waals surface area contributed by atoms with E-state index in [0.29, 0.717) is 25.5 Å². The Bertz CT molecular complexity index is 801. The molecular weight excluding hydrogens is 368 g/mol. The summed E-state index contributed by atoms with van der Waals surface area (Å²) in [5.41, 5.74) is 3.49. The Morgan fingerprint density at radius 3 is 2.41 bits per heavy atom. The third-order valence-electron chi connectivity index (χ3n) is 5.33. The zero-order valence-electron chi connectivity index (χ0n) is 17.4. The summed E-state index contributed by atoms with van der Waals surface area (Å²) in [6.45, 7) is 7.69. The SMILES string of the molecule is COc1ccc([C@H](CNC(=O)COc2ccc(C)c(C)c2)N2CCOCC2)cc1. The number of nitrogens with one attached hydrogen (secondary N) is 1. The van der Waals surface area contributed by atoms with E-state index < -0.39 is 0 Å². The topological polar surface area (TPSA) is 60.0 Å². The second-order valence-electron chi connectivity index (χ2n) is 7.28. The van der Waals surface area contributed by atoms with Crippen LogP contribution >= 0.6 is 0 Å². The average Bonchev–Trinajstić information content (AvgIpc) is 2.76. The van der Waals surface area contributed by atoms with Gasteiger partial charge in [-0.05, 0) is 54.8 Å². The normalized spacial score (nSPS) is 15.6. The Labute approximate surface area is 172 Å². The molecule has 0 spiro atoms. The van der Waals surface area contributed by atoms with Gasteiger partial charge in [-0.2, -0.15) is 0 Å². The van der Waals surface area contributed by atoms with E-state index in [2.05, 4.69) is 29.3 Å². The van der Waals surface area contributed by atoms with Gasteiger partial charge in [0.05, 0.1) is 26.4 Å². The van der Waals surface area contributed by atoms with E-state index in [1.165, 1.54) is 5.56 Å². The predicted octanol–water partition coefficient (Wildman–Crippen LogP) is 2.88. The first kappa shape index (κ1) is 21.1. The molecule has 6 heteroatoms. The van der Waals surface area contributed by atoms with Crippen molar-refractivity contribution in [3.63, 3.8) is 0 Å². The van der Waals surface area contributed by atoms with Gasteiger partial charge in [0.2, 0.25) is 0 Å². The van der Waals surface area contributed by atoms with Crippen LogP contribution in [0.5, 0.6) is 11.5 Å². The molecule has 2 aromatic rings. The van der Waals surface area contributed by atoms with Crippen LogP contribution in [0.1, 0.15) is 22.7 Å². The Kier molecular flexibility index (Phi) is 7.49. The van der Waals surface area contributed by atoms with E-state index >= 15 is 0 Å². The number of carbonyl (C=O) groups excluding carboxylic acids is 1. The fourth-order valence-corrected chi connectivity index (χ4v) is 3.39. The lowest BCUT2D eigenvalue weighted by atomic mass is 10.0. The molecule has 6 nitrogen and oxygen atoms in total. The van der Waals surface area contributed by atoms with Crippen molar-refractivity contribution in [3.05, 3.63) is 59.2 Å². The number of hydrogen-bond donors (Lipinski definition) is 1. The Hall–Kier alpha value is -2.57. The van der Waals surface area contributed by atoms with Crippen molar-refractivity contribution in [3.8, 4) is 11.5 Å². The van der Waals surface area contributed by atoms with Crippen molar-refractivity contribution in [2.24, 2.45) is 0 Å². The lowest BCUT2D eigenvalue weighted by Gasteiger charge is -2.35. The van der Waals surface area contributed by atoms with Crippen molar-refractivity contribution in [2.45, 2.75) is 19.9 Å². The van der Waals surface area contributed by atoms with Gasteiger partial charge in [0, 0.05) is 19.6 Å². The molecule has 1 heterocycles. The van der Waals surface area contributed by atoms with Gasteiger partial charge in [-0.3, -0.25) is 9.69 Å². The number of rotatable bonds is 8. The Balaban J connectivity index is 1.59. The molecule has 0 saturated carbocycles. The molecule has 0 aromatic heterocycles. The van der Waals surface area contributed by atoms with Crippen molar-refractivity contribution in [1.82, 2.24) is 10.2 Å². The highest BCUT2D eigenvalue weighted by Gasteiger charge is 2.23. The number of ether oxygens (including phenoxy) is 3. The van der Waals surface area contributed by atoms with Gasteiger partial charge < -0.3 is 19.5 Å². The first-order valence-corrected chi connectivity index (χ1v) is 9.99. The maximum atomic E-state index is 12.4. The van der Waals surface area contributed by atoms with Gasteiger partial charge in [0.1, 0.15) is 11.5 Å². The second kappa shape index (κ2) is 10.3. The van der Waals surface area contributed by atoms with Gasteiger partial charge in [-0.1, -0.05) is 18.2 Å². The summed E-state index contributed by atoms with van der Waals surface area (Å²) in [7, 11) is 1.66. The molecule has 2 aromatic carbocycles. The number of amides is 1. The van der Waals surface area contributed by atoms with E-state index in [1.54, 1.807) is 7.11 Å². The number of carbonyl (C=O) groups is 1. The highest BCUT2D eigenvalue weighted by molar-refractivity contribution is 5.77. The van der Waals surface area contributed by atoms with Crippen molar-refractivity contribution in [2.75, 3.05) is 46.6 Å². The fraction of sp³-hybridized carbons (Fsp3) is 0.435. The minimum atomic E-state index is -0.130. The van der Waals surface area contributed by atoms with Gasteiger partial charge in [-0.25, -0.2) is 0 Å². The third kappa shape index (κ3) is 5.95. The minimum absolute atomic E-state index is 0.000937. The number of morpholine rings is 1. The number of hydrogen-bond acceptors (Lipinski definition) is 5. The van der Waals surface area contributed by atoms with Crippen LogP contribution in [0, 0.1) is 13.8 Å². The molecular formula is C23H30N2O4. The maximum absolute atomic E-state index is 12.4. The standard InChI is InChI=1S/C23H30N2O4/c1-17-4-7-21(14-18(17)2)29-16-23(26)24-15-22(25-10-12-28-13-11-25)19-5-8-20(27-3)9-6-19/h4-9,14,22H,10-13,15-16H2,1-3H3,(H,24,26)/t22-/m0/s1. The molecule has 0 bridgehead atoms. The molecule has 1 fully saturated rings. The molecule has 0 unspecified atom stereocenters. The van der Waals surface area contributed by atoms with Crippen LogP contribution < -0.4 is 14.8 Å². The molecule has 1 aliphatic rings. The fourth-order valence-electron chi connectivity index (χ4n) is 3.39. The largest absolute Gasteiger partial charge is 0.497 e. The monoisotopic (exact) mass is 398 g/mol. The molecule has 1 saturated heterocycles. The van der Waals surface area contributed by atoms with Gasteiger partial charge in [0.15, 0.2) is 6.61 Å². The summed E-state index contributed by atoms with van der Waals surface area (Å²) in [6.07, 6.45) is 0. The van der Waals surface area contributed by atoms with Crippen molar-refractivity contribution < 1.29 is 19.0 Å².